The third-order valence-corrected chi connectivity index (χ3v) is 6.11. The molecule has 0 aromatic heterocycles. The lowest BCUT2D eigenvalue weighted by molar-refractivity contribution is -0.114. The number of benzene rings is 3. The van der Waals surface area contributed by atoms with Crippen molar-refractivity contribution in [3.05, 3.63) is 82.9 Å². The highest BCUT2D eigenvalue weighted by Gasteiger charge is 2.20. The number of aryl methyl sites for hydroxylation is 2. The van der Waals surface area contributed by atoms with Gasteiger partial charge in [-0.2, -0.15) is 0 Å². The van der Waals surface area contributed by atoms with Crippen molar-refractivity contribution in [3.63, 3.8) is 0 Å². The number of aromatic hydroxyl groups is 1. The van der Waals surface area contributed by atoms with Gasteiger partial charge in [-0.3, -0.25) is 9.59 Å². The Labute approximate surface area is 192 Å². The predicted octanol–water partition coefficient (Wildman–Crippen LogP) is 4.33. The van der Waals surface area contributed by atoms with Gasteiger partial charge in [0.05, 0.1) is 21.3 Å². The molecule has 168 valence electrons. The Bertz CT molecular complexity index is 1200. The number of phenols is 1. The summed E-state index contributed by atoms with van der Waals surface area (Å²) in [6.07, 6.45) is 0.359. The zero-order valence-electron chi connectivity index (χ0n) is 17.5. The highest BCUT2D eigenvalue weighted by Crippen LogP contribution is 2.33. The zero-order valence-corrected chi connectivity index (χ0v) is 19.1. The molecule has 3 aromatic carbocycles. The van der Waals surface area contributed by atoms with E-state index in [-0.39, 0.29) is 27.0 Å². The number of anilines is 2. The van der Waals surface area contributed by atoms with E-state index in [0.717, 1.165) is 11.6 Å². The standard InChI is InChI=1S/C16H15ClN2O5S.C7H8/c1-10-3-2-4-11(5-10)25(23,24)8-16(22)19-13-7-15(21)14(18-9-20)6-12(13)17;1-7-5-3-2-4-6-7/h2-7,9,21H,8H2,1H3,(H,18,20)(H,19,22);2-6H,1H3. The van der Waals surface area contributed by atoms with Crippen LogP contribution in [-0.4, -0.2) is 31.6 Å². The van der Waals surface area contributed by atoms with Crippen LogP contribution in [0.1, 0.15) is 11.1 Å². The summed E-state index contributed by atoms with van der Waals surface area (Å²) in [5, 5.41) is 14.4. The fourth-order valence-electron chi connectivity index (χ4n) is 2.62. The minimum atomic E-state index is -3.82. The molecule has 0 saturated carbocycles. The molecule has 3 rings (SSSR count). The summed E-state index contributed by atoms with van der Waals surface area (Å²) in [5.41, 5.74) is 2.17. The molecule has 32 heavy (non-hydrogen) atoms. The van der Waals surface area contributed by atoms with E-state index < -0.39 is 21.5 Å². The topological polar surface area (TPSA) is 113 Å². The Morgan fingerprint density at radius 1 is 0.969 bits per heavy atom. The average Bonchev–Trinajstić information content (AvgIpc) is 2.72. The molecule has 0 heterocycles. The number of hydrogen-bond acceptors (Lipinski definition) is 5. The van der Waals surface area contributed by atoms with E-state index in [0.29, 0.717) is 6.41 Å². The molecule has 0 atom stereocenters. The van der Waals surface area contributed by atoms with Crippen LogP contribution in [0.2, 0.25) is 5.02 Å². The van der Waals surface area contributed by atoms with Crippen LogP contribution in [0.15, 0.2) is 71.6 Å². The summed E-state index contributed by atoms with van der Waals surface area (Å²) >= 11 is 5.96. The van der Waals surface area contributed by atoms with Crippen molar-refractivity contribution in [2.24, 2.45) is 0 Å². The second-order valence-electron chi connectivity index (χ2n) is 6.89. The minimum absolute atomic E-state index is 0.0278. The first-order valence-electron chi connectivity index (χ1n) is 9.46. The van der Waals surface area contributed by atoms with Crippen LogP contribution in [-0.2, 0) is 19.4 Å². The molecule has 0 spiro atoms. The Morgan fingerprint density at radius 3 is 2.19 bits per heavy atom. The van der Waals surface area contributed by atoms with Crippen LogP contribution < -0.4 is 10.6 Å². The third-order valence-electron chi connectivity index (χ3n) is 4.18. The molecule has 0 aliphatic heterocycles. The van der Waals surface area contributed by atoms with E-state index in [9.17, 15) is 23.1 Å². The number of rotatable bonds is 6. The monoisotopic (exact) mass is 474 g/mol. The van der Waals surface area contributed by atoms with Crippen molar-refractivity contribution < 1.29 is 23.1 Å². The molecule has 0 fully saturated rings. The molecule has 9 heteroatoms. The van der Waals surface area contributed by atoms with Gasteiger partial charge in [0, 0.05) is 6.07 Å². The molecule has 7 nitrogen and oxygen atoms in total. The maximum Gasteiger partial charge on any atom is 0.240 e. The molecule has 0 radical (unpaired) electrons. The van der Waals surface area contributed by atoms with E-state index in [1.54, 1.807) is 19.1 Å². The van der Waals surface area contributed by atoms with Gasteiger partial charge >= 0.3 is 0 Å². The Balaban J connectivity index is 0.000000439. The maximum absolute atomic E-state index is 12.3. The number of sulfone groups is 1. The largest absolute Gasteiger partial charge is 0.506 e. The Morgan fingerprint density at radius 2 is 1.62 bits per heavy atom. The number of carbonyl (C=O) groups is 2. The van der Waals surface area contributed by atoms with Crippen LogP contribution in [0.25, 0.3) is 0 Å². The van der Waals surface area contributed by atoms with E-state index >= 15 is 0 Å². The quantitative estimate of drug-likeness (QED) is 0.363. The van der Waals surface area contributed by atoms with Crippen molar-refractivity contribution >= 4 is 45.1 Å². The van der Waals surface area contributed by atoms with Gasteiger partial charge < -0.3 is 15.7 Å². The first kappa shape index (κ1) is 24.9. The summed E-state index contributed by atoms with van der Waals surface area (Å²) in [6.45, 7) is 3.83. The van der Waals surface area contributed by atoms with Crippen LogP contribution in [0, 0.1) is 13.8 Å². The van der Waals surface area contributed by atoms with E-state index in [1.807, 2.05) is 18.2 Å². The highest BCUT2D eigenvalue weighted by atomic mass is 35.5. The minimum Gasteiger partial charge on any atom is -0.506 e. The second kappa shape index (κ2) is 11.3. The smallest absolute Gasteiger partial charge is 0.240 e. The zero-order chi connectivity index (χ0) is 23.7. The SMILES string of the molecule is Cc1cccc(S(=O)(=O)CC(=O)Nc2cc(O)c(NC=O)cc2Cl)c1.Cc1ccccc1. The van der Waals surface area contributed by atoms with Crippen LogP contribution >= 0.6 is 11.6 Å². The average molecular weight is 475 g/mol. The summed E-state index contributed by atoms with van der Waals surface area (Å²) in [7, 11) is -3.82. The number of hydrogen-bond donors (Lipinski definition) is 3. The van der Waals surface area contributed by atoms with E-state index in [2.05, 4.69) is 29.7 Å². The molecule has 0 aliphatic carbocycles. The van der Waals surface area contributed by atoms with Gasteiger partial charge in [-0.1, -0.05) is 59.6 Å². The lowest BCUT2D eigenvalue weighted by Crippen LogP contribution is -2.23. The van der Waals surface area contributed by atoms with Gasteiger partial charge in [-0.15, -0.1) is 0 Å². The Hall–Kier alpha value is -3.36. The van der Waals surface area contributed by atoms with Gasteiger partial charge in [-0.05, 0) is 37.6 Å². The van der Waals surface area contributed by atoms with Gasteiger partial charge in [0.25, 0.3) is 0 Å². The Kier molecular flexibility index (Phi) is 8.80. The molecule has 2 amide bonds. The van der Waals surface area contributed by atoms with Crippen molar-refractivity contribution in [1.82, 2.24) is 0 Å². The van der Waals surface area contributed by atoms with Crippen LogP contribution in [0.5, 0.6) is 5.75 Å². The first-order chi connectivity index (χ1) is 15.1. The number of phenolic OH excluding ortho intramolecular Hbond substituents is 1. The lowest BCUT2D eigenvalue weighted by Gasteiger charge is -2.11. The summed E-state index contributed by atoms with van der Waals surface area (Å²) in [5.74, 6) is -1.91. The number of halogens is 1. The molecule has 0 bridgehead atoms. The van der Waals surface area contributed by atoms with Crippen LogP contribution in [0.4, 0.5) is 11.4 Å². The van der Waals surface area contributed by atoms with Crippen molar-refractivity contribution in [2.45, 2.75) is 18.7 Å². The third kappa shape index (κ3) is 7.40. The van der Waals surface area contributed by atoms with Gasteiger partial charge in [0.1, 0.15) is 11.5 Å². The van der Waals surface area contributed by atoms with Crippen LogP contribution in [0.3, 0.4) is 0 Å². The predicted molar refractivity (Wildman–Crippen MR) is 126 cm³/mol. The molecular weight excluding hydrogens is 452 g/mol. The molecule has 3 aromatic rings. The number of nitrogens with one attached hydrogen (secondary N) is 2. The van der Waals surface area contributed by atoms with Crippen molar-refractivity contribution in [3.8, 4) is 5.75 Å². The van der Waals surface area contributed by atoms with Crippen molar-refractivity contribution in [1.29, 1.82) is 0 Å². The van der Waals surface area contributed by atoms with Gasteiger partial charge in [-0.25, -0.2) is 8.42 Å². The first-order valence-corrected chi connectivity index (χ1v) is 11.5. The summed E-state index contributed by atoms with van der Waals surface area (Å²) in [4.78, 5) is 22.5. The molecule has 0 aliphatic rings. The van der Waals surface area contributed by atoms with E-state index in [4.69, 9.17) is 11.6 Å². The van der Waals surface area contributed by atoms with E-state index in [1.165, 1.54) is 23.8 Å². The fourth-order valence-corrected chi connectivity index (χ4v) is 4.07. The molecular formula is C23H23ClN2O5S. The van der Waals surface area contributed by atoms with Gasteiger partial charge in [0.2, 0.25) is 12.3 Å². The highest BCUT2D eigenvalue weighted by molar-refractivity contribution is 7.92. The summed E-state index contributed by atoms with van der Waals surface area (Å²) in [6, 6.07) is 18.8. The normalized spacial score (nSPS) is 10.5. The summed E-state index contributed by atoms with van der Waals surface area (Å²) < 4.78 is 24.6. The number of amides is 2. The molecule has 0 saturated heterocycles. The van der Waals surface area contributed by atoms with Crippen molar-refractivity contribution in [2.75, 3.05) is 16.4 Å². The molecule has 3 N–H and O–H groups in total. The number of carbonyl (C=O) groups excluding carboxylic acids is 2. The fraction of sp³-hybridized carbons (Fsp3) is 0.130. The lowest BCUT2D eigenvalue weighted by atomic mass is 10.2. The second-order valence-corrected chi connectivity index (χ2v) is 9.29. The maximum atomic E-state index is 12.3. The van der Waals surface area contributed by atoms with Gasteiger partial charge in [0.15, 0.2) is 9.84 Å². The molecule has 0 unspecified atom stereocenters.